The number of halogens is 2. The summed E-state index contributed by atoms with van der Waals surface area (Å²) in [6.07, 6.45) is 0. The SMILES string of the molecule is F.F.O=[Si]([O-])[O-].O=[Si]([O-])[O-].O=[Si]([O-])[O-].O=[Si]([O-])[O-].O=[Si]([O-])[O-].[Al+3].[Al+3].[Ca+2].[Ca+2]. The van der Waals surface area contributed by atoms with Gasteiger partial charge >= 0.3 is 110 Å². The van der Waals surface area contributed by atoms with E-state index in [1.54, 1.807) is 0 Å². The van der Waals surface area contributed by atoms with E-state index in [2.05, 4.69) is 0 Å². The second-order valence-electron chi connectivity index (χ2n) is 1.25. The van der Waals surface area contributed by atoms with Crippen LogP contribution in [-0.4, -0.2) is 156 Å². The molecular formula is H2Al2Ca2F2O15Si5. The van der Waals surface area contributed by atoms with Gasteiger partial charge in [0.2, 0.25) is 0 Å². The first-order valence-electron chi connectivity index (χ1n) is 3.06. The Morgan fingerprint density at radius 3 is 0.346 bits per heavy atom. The van der Waals surface area contributed by atoms with Crippen molar-refractivity contribution in [3.8, 4) is 0 Å². The number of rotatable bonds is 0. The number of hydrogen-bond acceptors (Lipinski definition) is 15. The maximum Gasteiger partial charge on any atom is 3.00 e. The van der Waals surface area contributed by atoms with Gasteiger partial charge in [0.05, 0.1) is 0 Å². The zero-order chi connectivity index (χ0) is 17.9. The Balaban J connectivity index is -0.0000000114. The van der Waals surface area contributed by atoms with Crippen LogP contribution in [-0.2, 0) is 22.3 Å². The molecular weight excluding hydrogens is 553 g/mol. The molecule has 0 unspecified atom stereocenters. The summed E-state index contributed by atoms with van der Waals surface area (Å²) in [5.74, 6) is 0. The predicted molar refractivity (Wildman–Crippen MR) is 60.2 cm³/mol. The van der Waals surface area contributed by atoms with E-state index in [0.717, 1.165) is 0 Å². The Kier molecular flexibility index (Phi) is 173. The predicted octanol–water partition coefficient (Wildman–Crippen LogP) is -15.6. The number of hydrogen-bond donors (Lipinski definition) is 0. The smallest absolute Gasteiger partial charge is 0.672 e. The van der Waals surface area contributed by atoms with Gasteiger partial charge < -0.3 is 70.3 Å². The van der Waals surface area contributed by atoms with Crippen LogP contribution in [0.3, 0.4) is 0 Å². The summed E-state index contributed by atoms with van der Waals surface area (Å²) in [7, 11) is -18.1. The van der Waals surface area contributed by atoms with E-state index >= 15 is 0 Å². The van der Waals surface area contributed by atoms with Gasteiger partial charge in [0.25, 0.3) is 0 Å². The van der Waals surface area contributed by atoms with Crippen LogP contribution in [0, 0.1) is 0 Å². The van der Waals surface area contributed by atoms with Crippen molar-refractivity contribution < 1.29 is 79.7 Å². The molecule has 0 aliphatic heterocycles. The van der Waals surface area contributed by atoms with Gasteiger partial charge in [-0.05, 0) is 0 Å². The van der Waals surface area contributed by atoms with E-state index in [0.29, 0.717) is 0 Å². The third kappa shape index (κ3) is 6570. The Bertz CT molecular complexity index is 231. The second kappa shape index (κ2) is 63.3. The Morgan fingerprint density at radius 1 is 0.346 bits per heavy atom. The summed E-state index contributed by atoms with van der Waals surface area (Å²) in [5.41, 5.74) is 0. The first kappa shape index (κ1) is 70.9. The van der Waals surface area contributed by atoms with Gasteiger partial charge in [-0.15, -0.1) is 0 Å². The van der Waals surface area contributed by atoms with Gasteiger partial charge in [0, 0.05) is 45.9 Å². The molecule has 0 aromatic carbocycles. The summed E-state index contributed by atoms with van der Waals surface area (Å²) in [6.45, 7) is 0. The average molecular weight is 555 g/mol. The van der Waals surface area contributed by atoms with E-state index in [9.17, 15) is 0 Å². The van der Waals surface area contributed by atoms with Gasteiger partial charge in [-0.2, -0.15) is 0 Å². The van der Waals surface area contributed by atoms with Crippen molar-refractivity contribution >= 4 is 156 Å². The van der Waals surface area contributed by atoms with Crippen LogP contribution in [0.5, 0.6) is 0 Å². The molecule has 26 heteroatoms. The molecule has 0 fully saturated rings. The Hall–Kier alpha value is 1.53. The van der Waals surface area contributed by atoms with E-state index in [1.165, 1.54) is 0 Å². The van der Waals surface area contributed by atoms with Gasteiger partial charge in [0.1, 0.15) is 0 Å². The van der Waals surface area contributed by atoms with Crippen LogP contribution in [0.4, 0.5) is 9.41 Å². The van der Waals surface area contributed by atoms with Crippen molar-refractivity contribution in [3.63, 3.8) is 0 Å². The molecule has 0 radical (unpaired) electrons. The van der Waals surface area contributed by atoms with Crippen LogP contribution >= 0.6 is 0 Å². The van der Waals surface area contributed by atoms with Crippen molar-refractivity contribution in [1.82, 2.24) is 0 Å². The minimum atomic E-state index is -3.63. The van der Waals surface area contributed by atoms with Crippen LogP contribution < -0.4 is 48.0 Å². The normalized spacial score (nSPS) is 4.62. The zero-order valence-corrected chi connectivity index (χ0v) is 23.7. The third-order valence-corrected chi connectivity index (χ3v) is 0. The van der Waals surface area contributed by atoms with Crippen LogP contribution in [0.25, 0.3) is 0 Å². The fourth-order valence-corrected chi connectivity index (χ4v) is 0. The summed E-state index contributed by atoms with van der Waals surface area (Å²) in [5, 5.41) is 0. The standard InChI is InChI=1S/2Al.2Ca.2FH.5O3Si/c;;;;;;5*1-4(2)3/h;;;;2*1H;;;;;/q2*+3;2*+2;;;5*-2. The summed E-state index contributed by atoms with van der Waals surface area (Å²) >= 11 is 0. The molecule has 15 nitrogen and oxygen atoms in total. The molecule has 0 spiro atoms. The summed E-state index contributed by atoms with van der Waals surface area (Å²) < 4.78 is 42.6. The molecule has 0 atom stereocenters. The fraction of sp³-hybridized carbons (Fsp3) is 0. The van der Waals surface area contributed by atoms with E-state index in [-0.39, 0.29) is 120 Å². The molecule has 0 saturated carbocycles. The quantitative estimate of drug-likeness (QED) is 0.251. The van der Waals surface area contributed by atoms with Crippen LogP contribution in [0.2, 0.25) is 0 Å². The molecule has 26 heavy (non-hydrogen) atoms. The topological polar surface area (TPSA) is 316 Å². The van der Waals surface area contributed by atoms with E-state index in [1.807, 2.05) is 0 Å². The van der Waals surface area contributed by atoms with Crippen molar-refractivity contribution in [1.29, 1.82) is 0 Å². The van der Waals surface area contributed by atoms with Gasteiger partial charge in [-0.1, -0.05) is 0 Å². The Labute approximate surface area is 232 Å². The molecule has 0 rings (SSSR count). The molecule has 0 heterocycles. The van der Waals surface area contributed by atoms with Crippen molar-refractivity contribution in [2.75, 3.05) is 0 Å². The fourth-order valence-electron chi connectivity index (χ4n) is 0. The largest absolute Gasteiger partial charge is 3.00 e. The van der Waals surface area contributed by atoms with E-state index < -0.39 is 45.9 Å². The average Bonchev–Trinajstić information content (AvgIpc) is 1.94. The van der Waals surface area contributed by atoms with Crippen LogP contribution in [0.15, 0.2) is 0 Å². The molecule has 0 bridgehead atoms. The van der Waals surface area contributed by atoms with Gasteiger partial charge in [0.15, 0.2) is 0 Å². The maximum absolute atomic E-state index is 8.52. The molecule has 0 N–H and O–H groups in total. The molecule has 0 aromatic rings. The minimum Gasteiger partial charge on any atom is -0.672 e. The molecule has 0 amide bonds. The first-order valence-corrected chi connectivity index (χ1v) is 9.19. The van der Waals surface area contributed by atoms with Crippen molar-refractivity contribution in [2.45, 2.75) is 0 Å². The van der Waals surface area contributed by atoms with Crippen molar-refractivity contribution in [2.24, 2.45) is 0 Å². The second-order valence-corrected chi connectivity index (χ2v) is 3.75. The summed E-state index contributed by atoms with van der Waals surface area (Å²) in [4.78, 5) is 85.2. The molecule has 136 valence electrons. The minimum absolute atomic E-state index is 0. The van der Waals surface area contributed by atoms with Gasteiger partial charge in [-0.3, -0.25) is 9.41 Å². The zero-order valence-electron chi connectivity index (χ0n) is 12.0. The monoisotopic (exact) mass is 554 g/mol. The maximum atomic E-state index is 8.52. The molecule has 0 aliphatic carbocycles. The van der Waals surface area contributed by atoms with Crippen molar-refractivity contribution in [3.05, 3.63) is 0 Å². The Morgan fingerprint density at radius 2 is 0.346 bits per heavy atom. The van der Waals surface area contributed by atoms with Crippen LogP contribution in [0.1, 0.15) is 0 Å². The van der Waals surface area contributed by atoms with E-state index in [4.69, 9.17) is 70.3 Å². The first-order chi connectivity index (χ1) is 8.66. The molecule has 0 aromatic heterocycles. The molecule has 0 aliphatic rings. The molecule has 0 saturated heterocycles. The van der Waals surface area contributed by atoms with Gasteiger partial charge in [-0.25, -0.2) is 0 Å². The third-order valence-electron chi connectivity index (χ3n) is 0. The summed E-state index contributed by atoms with van der Waals surface area (Å²) in [6, 6.07) is 0.